The quantitative estimate of drug-likeness (QED) is 0.465. The van der Waals surface area contributed by atoms with Gasteiger partial charge in [0.2, 0.25) is 5.91 Å². The normalized spacial score (nSPS) is 14.5. The Hall–Kier alpha value is -2.66. The van der Waals surface area contributed by atoms with Crippen LogP contribution in [0.1, 0.15) is 44.1 Å². The molecule has 0 heterocycles. The maximum Gasteiger partial charge on any atom is 0.250 e. The maximum absolute atomic E-state index is 12.0. The minimum absolute atomic E-state index is 0.263. The molecule has 152 valence electrons. The van der Waals surface area contributed by atoms with Crippen LogP contribution in [0.3, 0.4) is 0 Å². The second-order valence-corrected chi connectivity index (χ2v) is 7.76. The lowest BCUT2D eigenvalue weighted by atomic mass is 9.87. The Morgan fingerprint density at radius 2 is 1.76 bits per heavy atom. The number of ether oxygens (including phenoxy) is 1. The van der Waals surface area contributed by atoms with Gasteiger partial charge in [0.05, 0.1) is 6.61 Å². The van der Waals surface area contributed by atoms with Crippen molar-refractivity contribution in [1.29, 1.82) is 0 Å². The topological polar surface area (TPSA) is 50.4 Å². The van der Waals surface area contributed by atoms with Crippen molar-refractivity contribution in [2.75, 3.05) is 11.9 Å². The molecule has 1 amide bonds. The number of benzene rings is 2. The van der Waals surface area contributed by atoms with Crippen LogP contribution in [-0.4, -0.2) is 17.6 Å². The van der Waals surface area contributed by atoms with E-state index < -0.39 is 0 Å². The molecule has 29 heavy (non-hydrogen) atoms. The third kappa shape index (κ3) is 7.70. The summed E-state index contributed by atoms with van der Waals surface area (Å²) in [6.45, 7) is 0.764. The number of carbonyl (C=O) groups is 1. The van der Waals surface area contributed by atoms with Crippen LogP contribution in [0.2, 0.25) is 0 Å². The van der Waals surface area contributed by atoms with Crippen molar-refractivity contribution in [3.8, 4) is 5.75 Å². The van der Waals surface area contributed by atoms with Crippen molar-refractivity contribution in [3.05, 3.63) is 66.2 Å². The highest BCUT2D eigenvalue weighted by atomic mass is 32.1. The Labute approximate surface area is 178 Å². The molecule has 4 nitrogen and oxygen atoms in total. The molecule has 2 aromatic carbocycles. The number of thiocarbonyl (C=S) groups is 1. The highest BCUT2D eigenvalue weighted by Crippen LogP contribution is 2.26. The molecular weight excluding hydrogens is 380 g/mol. The summed E-state index contributed by atoms with van der Waals surface area (Å²) in [7, 11) is 0. The van der Waals surface area contributed by atoms with Crippen molar-refractivity contribution in [2.45, 2.75) is 38.5 Å². The zero-order chi connectivity index (χ0) is 20.3. The fourth-order valence-electron chi connectivity index (χ4n) is 3.51. The molecule has 0 radical (unpaired) electrons. The molecule has 0 unspecified atom stereocenters. The molecule has 1 fully saturated rings. The Balaban J connectivity index is 1.38. The van der Waals surface area contributed by atoms with E-state index in [1.165, 1.54) is 38.2 Å². The second kappa shape index (κ2) is 11.4. The van der Waals surface area contributed by atoms with Gasteiger partial charge in [-0.2, -0.15) is 0 Å². The van der Waals surface area contributed by atoms with E-state index >= 15 is 0 Å². The summed E-state index contributed by atoms with van der Waals surface area (Å²) in [5, 5.41) is 5.93. The van der Waals surface area contributed by atoms with E-state index in [2.05, 4.69) is 10.6 Å². The van der Waals surface area contributed by atoms with Gasteiger partial charge in [0.25, 0.3) is 0 Å². The van der Waals surface area contributed by atoms with Gasteiger partial charge < -0.3 is 10.1 Å². The Morgan fingerprint density at radius 3 is 2.48 bits per heavy atom. The molecule has 1 aliphatic carbocycles. The molecule has 0 bridgehead atoms. The van der Waals surface area contributed by atoms with Gasteiger partial charge in [-0.05, 0) is 60.5 Å². The zero-order valence-corrected chi connectivity index (χ0v) is 17.4. The third-order valence-electron chi connectivity index (χ3n) is 5.10. The molecule has 3 rings (SSSR count). The summed E-state index contributed by atoms with van der Waals surface area (Å²) < 4.78 is 5.87. The molecule has 1 aliphatic rings. The number of rotatable bonds is 7. The van der Waals surface area contributed by atoms with Crippen molar-refractivity contribution in [2.24, 2.45) is 5.92 Å². The second-order valence-electron chi connectivity index (χ2n) is 7.35. The number of nitrogens with one attached hydrogen (secondary N) is 2. The lowest BCUT2D eigenvalue weighted by Gasteiger charge is -2.21. The maximum atomic E-state index is 12.0. The molecule has 0 aromatic heterocycles. The summed E-state index contributed by atoms with van der Waals surface area (Å²) in [4.78, 5) is 12.0. The van der Waals surface area contributed by atoms with Crippen LogP contribution in [0.4, 0.5) is 5.69 Å². The summed E-state index contributed by atoms with van der Waals surface area (Å²) >= 11 is 5.21. The first kappa shape index (κ1) is 21.1. The average molecular weight is 409 g/mol. The van der Waals surface area contributed by atoms with Gasteiger partial charge in [-0.1, -0.05) is 62.4 Å². The lowest BCUT2D eigenvalue weighted by molar-refractivity contribution is -0.115. The standard InChI is InChI=1S/C24H28N2O2S/c27-23(16-11-19-7-3-1-4-8-19)26-24(29)25-21-12-14-22(15-13-21)28-18-17-20-9-5-2-6-10-20/h1,3-4,7-8,11-16,20H,2,5-6,9-10,17-18H2,(H2,25,26,27,29)/b16-11+. The Bertz CT molecular complexity index is 813. The van der Waals surface area contributed by atoms with E-state index in [1.807, 2.05) is 54.6 Å². The first-order valence-electron chi connectivity index (χ1n) is 10.3. The van der Waals surface area contributed by atoms with E-state index in [9.17, 15) is 4.79 Å². The van der Waals surface area contributed by atoms with E-state index in [0.29, 0.717) is 0 Å². The van der Waals surface area contributed by atoms with Crippen LogP contribution in [0, 0.1) is 5.92 Å². The van der Waals surface area contributed by atoms with E-state index in [0.717, 1.165) is 35.9 Å². The molecule has 0 saturated heterocycles. The first-order valence-corrected chi connectivity index (χ1v) is 10.7. The molecule has 2 aromatic rings. The van der Waals surface area contributed by atoms with Gasteiger partial charge in [0, 0.05) is 11.8 Å². The van der Waals surface area contributed by atoms with E-state index in [4.69, 9.17) is 17.0 Å². The van der Waals surface area contributed by atoms with Gasteiger partial charge >= 0.3 is 0 Å². The summed E-state index contributed by atoms with van der Waals surface area (Å²) in [6.07, 6.45) is 11.1. The minimum Gasteiger partial charge on any atom is -0.494 e. The predicted octanol–water partition coefficient (Wildman–Crippen LogP) is 5.56. The summed E-state index contributed by atoms with van der Waals surface area (Å²) in [5.74, 6) is 1.41. The molecule has 2 N–H and O–H groups in total. The Kier molecular flexibility index (Phi) is 8.25. The smallest absolute Gasteiger partial charge is 0.250 e. The van der Waals surface area contributed by atoms with Gasteiger partial charge in [0.1, 0.15) is 5.75 Å². The third-order valence-corrected chi connectivity index (χ3v) is 5.30. The molecule has 1 saturated carbocycles. The molecule has 0 aliphatic heterocycles. The molecular formula is C24H28N2O2S. The number of carbonyl (C=O) groups excluding carboxylic acids is 1. The summed E-state index contributed by atoms with van der Waals surface area (Å²) in [5.41, 5.74) is 1.77. The Morgan fingerprint density at radius 1 is 1.03 bits per heavy atom. The zero-order valence-electron chi connectivity index (χ0n) is 16.6. The number of amides is 1. The molecule has 5 heteroatoms. The average Bonchev–Trinajstić information content (AvgIpc) is 2.75. The largest absolute Gasteiger partial charge is 0.494 e. The van der Waals surface area contributed by atoms with Crippen LogP contribution in [0.25, 0.3) is 6.08 Å². The van der Waals surface area contributed by atoms with Crippen LogP contribution in [0.15, 0.2) is 60.7 Å². The first-order chi connectivity index (χ1) is 14.2. The van der Waals surface area contributed by atoms with Gasteiger partial charge in [-0.25, -0.2) is 0 Å². The monoisotopic (exact) mass is 408 g/mol. The number of hydrogen-bond donors (Lipinski definition) is 2. The minimum atomic E-state index is -0.269. The number of hydrogen-bond acceptors (Lipinski definition) is 3. The van der Waals surface area contributed by atoms with Gasteiger partial charge in [-0.3, -0.25) is 10.1 Å². The lowest BCUT2D eigenvalue weighted by Crippen LogP contribution is -2.32. The van der Waals surface area contributed by atoms with Crippen LogP contribution < -0.4 is 15.4 Å². The SMILES string of the molecule is O=C(/C=C/c1ccccc1)NC(=S)Nc1ccc(OCCC2CCCCC2)cc1. The molecule has 0 atom stereocenters. The molecule has 0 spiro atoms. The van der Waals surface area contributed by atoms with E-state index in [-0.39, 0.29) is 11.0 Å². The summed E-state index contributed by atoms with van der Waals surface area (Å²) in [6, 6.07) is 17.3. The van der Waals surface area contributed by atoms with Crippen molar-refractivity contribution in [1.82, 2.24) is 5.32 Å². The van der Waals surface area contributed by atoms with Crippen molar-refractivity contribution >= 4 is 35.0 Å². The van der Waals surface area contributed by atoms with Crippen molar-refractivity contribution < 1.29 is 9.53 Å². The van der Waals surface area contributed by atoms with Crippen LogP contribution in [0.5, 0.6) is 5.75 Å². The van der Waals surface area contributed by atoms with Gasteiger partial charge in [0.15, 0.2) is 5.11 Å². The van der Waals surface area contributed by atoms with Crippen LogP contribution in [-0.2, 0) is 4.79 Å². The van der Waals surface area contributed by atoms with Crippen molar-refractivity contribution in [3.63, 3.8) is 0 Å². The fourth-order valence-corrected chi connectivity index (χ4v) is 3.72. The predicted molar refractivity (Wildman–Crippen MR) is 123 cm³/mol. The number of anilines is 1. The van der Waals surface area contributed by atoms with Gasteiger partial charge in [-0.15, -0.1) is 0 Å². The fraction of sp³-hybridized carbons (Fsp3) is 0.333. The highest BCUT2D eigenvalue weighted by Gasteiger charge is 2.13. The van der Waals surface area contributed by atoms with Crippen LogP contribution >= 0.6 is 12.2 Å². The van der Waals surface area contributed by atoms with E-state index in [1.54, 1.807) is 6.08 Å². The highest BCUT2D eigenvalue weighted by molar-refractivity contribution is 7.80.